The van der Waals surface area contributed by atoms with Crippen LogP contribution in [-0.2, 0) is 4.79 Å². The Kier molecular flexibility index (Phi) is 6.88. The minimum Gasteiger partial charge on any atom is -0.481 e. The Balaban J connectivity index is 1.96. The molecule has 0 radical (unpaired) electrons. The number of nitrogens with one attached hydrogen (secondary N) is 1. The Labute approximate surface area is 148 Å². The van der Waals surface area contributed by atoms with Crippen LogP contribution in [-0.4, -0.2) is 28.0 Å². The van der Waals surface area contributed by atoms with Crippen LogP contribution in [0.3, 0.4) is 0 Å². The van der Waals surface area contributed by atoms with Crippen LogP contribution in [0, 0.1) is 0 Å². The average molecular weight is 370 g/mol. The van der Waals surface area contributed by atoms with Gasteiger partial charge in [0.2, 0.25) is 5.13 Å². The number of thioether (sulfide) groups is 1. The third kappa shape index (κ3) is 5.53. The smallest absolute Gasteiger partial charge is 0.267 e. The Hall–Kier alpha value is -1.57. The van der Waals surface area contributed by atoms with E-state index in [-0.39, 0.29) is 5.91 Å². The minimum atomic E-state index is -0.623. The van der Waals surface area contributed by atoms with Gasteiger partial charge in [-0.15, -0.1) is 16.8 Å². The fraction of sp³-hybridized carbons (Fsp3) is 0.267. The van der Waals surface area contributed by atoms with Gasteiger partial charge in [0.25, 0.3) is 5.91 Å². The molecule has 0 unspecified atom stereocenters. The minimum absolute atomic E-state index is 0.260. The van der Waals surface area contributed by atoms with Gasteiger partial charge in [-0.1, -0.05) is 53.8 Å². The molecule has 2 rings (SSSR count). The van der Waals surface area contributed by atoms with Crippen molar-refractivity contribution in [3.8, 4) is 5.75 Å². The summed E-state index contributed by atoms with van der Waals surface area (Å²) in [5.74, 6) is 1.04. The Morgan fingerprint density at radius 1 is 1.57 bits per heavy atom. The predicted molar refractivity (Wildman–Crippen MR) is 95.6 cm³/mol. The molecule has 0 saturated carbocycles. The summed E-state index contributed by atoms with van der Waals surface area (Å²) in [6.45, 7) is 5.53. The lowest BCUT2D eigenvalue weighted by Crippen LogP contribution is -2.32. The predicted octanol–water partition coefficient (Wildman–Crippen LogP) is 4.27. The summed E-state index contributed by atoms with van der Waals surface area (Å²) in [4.78, 5) is 12.3. The van der Waals surface area contributed by atoms with E-state index >= 15 is 0 Å². The number of aromatic nitrogens is 2. The zero-order valence-corrected chi connectivity index (χ0v) is 14.9. The van der Waals surface area contributed by atoms with Crippen molar-refractivity contribution in [2.24, 2.45) is 0 Å². The molecule has 0 bridgehead atoms. The maximum Gasteiger partial charge on any atom is 0.267 e. The van der Waals surface area contributed by atoms with Gasteiger partial charge >= 0.3 is 0 Å². The molecular weight excluding hydrogens is 354 g/mol. The van der Waals surface area contributed by atoms with Gasteiger partial charge in [0.15, 0.2) is 10.4 Å². The summed E-state index contributed by atoms with van der Waals surface area (Å²) in [6.07, 6.45) is 1.69. The summed E-state index contributed by atoms with van der Waals surface area (Å²) >= 11 is 8.76. The molecule has 1 atom stereocenters. The summed E-state index contributed by atoms with van der Waals surface area (Å²) in [5, 5.41) is 11.7. The summed E-state index contributed by atoms with van der Waals surface area (Å²) < 4.78 is 6.47. The van der Waals surface area contributed by atoms with Crippen molar-refractivity contribution in [3.05, 3.63) is 41.9 Å². The number of halogens is 1. The van der Waals surface area contributed by atoms with Gasteiger partial charge in [-0.05, 0) is 24.6 Å². The number of hydrogen-bond donors (Lipinski definition) is 1. The van der Waals surface area contributed by atoms with Gasteiger partial charge in [0.1, 0.15) is 5.75 Å². The lowest BCUT2D eigenvalue weighted by Gasteiger charge is -2.16. The second-order valence-corrected chi connectivity index (χ2v) is 7.12. The summed E-state index contributed by atoms with van der Waals surface area (Å²) in [6, 6.07) is 6.96. The molecule has 0 fully saturated rings. The molecule has 1 N–H and O–H groups in total. The van der Waals surface area contributed by atoms with E-state index < -0.39 is 6.10 Å². The number of benzene rings is 1. The standard InChI is InChI=1S/C15H16ClN3O2S2/c1-3-8-22-15-19-18-14(23-15)17-13(20)12(4-2)21-11-7-5-6-10(16)9-11/h3,5-7,9,12H,1,4,8H2,2H3,(H,17,18,20)/t12-/m0/s1. The first kappa shape index (κ1) is 17.8. The van der Waals surface area contributed by atoms with Crippen molar-refractivity contribution in [2.45, 2.75) is 23.8 Å². The molecule has 23 heavy (non-hydrogen) atoms. The molecule has 1 heterocycles. The first-order valence-electron chi connectivity index (χ1n) is 6.92. The third-order valence-corrected chi connectivity index (χ3v) is 4.90. The Morgan fingerprint density at radius 3 is 3.09 bits per heavy atom. The molecule has 2 aromatic rings. The van der Waals surface area contributed by atoms with E-state index in [0.29, 0.717) is 22.3 Å². The summed E-state index contributed by atoms with van der Waals surface area (Å²) in [7, 11) is 0. The Bertz CT molecular complexity index is 678. The van der Waals surface area contributed by atoms with Crippen molar-refractivity contribution in [1.29, 1.82) is 0 Å². The quantitative estimate of drug-likeness (QED) is 0.427. The molecule has 5 nitrogen and oxygen atoms in total. The van der Waals surface area contributed by atoms with E-state index in [1.165, 1.54) is 23.1 Å². The monoisotopic (exact) mass is 369 g/mol. The number of rotatable bonds is 8. The van der Waals surface area contributed by atoms with Gasteiger partial charge in [-0.3, -0.25) is 10.1 Å². The van der Waals surface area contributed by atoms with Crippen molar-refractivity contribution >= 4 is 45.7 Å². The van der Waals surface area contributed by atoms with Crippen LogP contribution in [0.4, 0.5) is 5.13 Å². The molecule has 8 heteroatoms. The number of nitrogens with zero attached hydrogens (tertiary/aromatic N) is 2. The zero-order valence-electron chi connectivity index (χ0n) is 12.5. The first-order chi connectivity index (χ1) is 11.1. The molecule has 0 spiro atoms. The maximum atomic E-state index is 12.3. The molecular formula is C15H16ClN3O2S2. The second-order valence-electron chi connectivity index (χ2n) is 4.43. The second kappa shape index (κ2) is 8.90. The van der Waals surface area contributed by atoms with E-state index in [2.05, 4.69) is 22.1 Å². The number of ether oxygens (including phenoxy) is 1. The number of amides is 1. The zero-order chi connectivity index (χ0) is 16.7. The van der Waals surface area contributed by atoms with E-state index in [1.54, 1.807) is 30.3 Å². The van der Waals surface area contributed by atoms with E-state index in [0.717, 1.165) is 10.1 Å². The number of carbonyl (C=O) groups excluding carboxylic acids is 1. The number of carbonyl (C=O) groups is 1. The van der Waals surface area contributed by atoms with Crippen LogP contribution in [0.1, 0.15) is 13.3 Å². The average Bonchev–Trinajstić information content (AvgIpc) is 2.98. The molecule has 0 aliphatic heterocycles. The van der Waals surface area contributed by atoms with Crippen LogP contribution in [0.5, 0.6) is 5.75 Å². The molecule has 0 aliphatic rings. The van der Waals surface area contributed by atoms with Gasteiger partial charge in [0.05, 0.1) is 0 Å². The highest BCUT2D eigenvalue weighted by Gasteiger charge is 2.20. The molecule has 1 amide bonds. The molecule has 0 saturated heterocycles. The largest absolute Gasteiger partial charge is 0.481 e. The lowest BCUT2D eigenvalue weighted by atomic mass is 10.2. The number of hydrogen-bond acceptors (Lipinski definition) is 6. The topological polar surface area (TPSA) is 64.1 Å². The molecule has 0 aliphatic carbocycles. The normalized spacial score (nSPS) is 11.7. The third-order valence-electron chi connectivity index (χ3n) is 2.70. The highest BCUT2D eigenvalue weighted by molar-refractivity contribution is 8.01. The van der Waals surface area contributed by atoms with Crippen molar-refractivity contribution in [1.82, 2.24) is 10.2 Å². The SMILES string of the molecule is C=CCSc1nnc(NC(=O)[C@H](CC)Oc2cccc(Cl)c2)s1. The van der Waals surface area contributed by atoms with Gasteiger partial charge in [-0.25, -0.2) is 0 Å². The van der Waals surface area contributed by atoms with E-state index in [1.807, 2.05) is 6.92 Å². The number of anilines is 1. The highest BCUT2D eigenvalue weighted by atomic mass is 35.5. The fourth-order valence-corrected chi connectivity index (χ4v) is 3.36. The van der Waals surface area contributed by atoms with Gasteiger partial charge in [-0.2, -0.15) is 0 Å². The van der Waals surface area contributed by atoms with Crippen LogP contribution < -0.4 is 10.1 Å². The van der Waals surface area contributed by atoms with Crippen LogP contribution in [0.2, 0.25) is 5.02 Å². The van der Waals surface area contributed by atoms with Crippen LogP contribution >= 0.6 is 34.7 Å². The van der Waals surface area contributed by atoms with Crippen molar-refractivity contribution in [2.75, 3.05) is 11.1 Å². The fourth-order valence-electron chi connectivity index (χ4n) is 1.66. The molecule has 122 valence electrons. The highest BCUT2D eigenvalue weighted by Crippen LogP contribution is 2.26. The first-order valence-corrected chi connectivity index (χ1v) is 9.10. The lowest BCUT2D eigenvalue weighted by molar-refractivity contribution is -0.122. The molecule has 1 aromatic heterocycles. The van der Waals surface area contributed by atoms with Crippen molar-refractivity contribution in [3.63, 3.8) is 0 Å². The van der Waals surface area contributed by atoms with Gasteiger partial charge in [0, 0.05) is 10.8 Å². The van der Waals surface area contributed by atoms with Crippen LogP contribution in [0.15, 0.2) is 41.3 Å². The maximum absolute atomic E-state index is 12.3. The van der Waals surface area contributed by atoms with Crippen LogP contribution in [0.25, 0.3) is 0 Å². The van der Waals surface area contributed by atoms with E-state index in [9.17, 15) is 4.79 Å². The summed E-state index contributed by atoms with van der Waals surface area (Å²) in [5.41, 5.74) is 0. The molecule has 1 aromatic carbocycles. The van der Waals surface area contributed by atoms with Crippen molar-refractivity contribution < 1.29 is 9.53 Å². The van der Waals surface area contributed by atoms with Gasteiger partial charge < -0.3 is 4.74 Å². The van der Waals surface area contributed by atoms with E-state index in [4.69, 9.17) is 16.3 Å². The Morgan fingerprint density at radius 2 is 2.39 bits per heavy atom.